The van der Waals surface area contributed by atoms with E-state index in [9.17, 15) is 0 Å². The molecular formula is C18H28N2. The Morgan fingerprint density at radius 3 is 2.30 bits per heavy atom. The summed E-state index contributed by atoms with van der Waals surface area (Å²) in [7, 11) is 0. The molecule has 0 amide bonds. The van der Waals surface area contributed by atoms with Gasteiger partial charge in [0.2, 0.25) is 0 Å². The lowest BCUT2D eigenvalue weighted by Crippen LogP contribution is -2.44. The second-order valence-electron chi connectivity index (χ2n) is 7.05. The zero-order chi connectivity index (χ0) is 15.1. The van der Waals surface area contributed by atoms with Gasteiger partial charge in [-0.25, -0.2) is 0 Å². The van der Waals surface area contributed by atoms with Gasteiger partial charge in [-0.2, -0.15) is 5.26 Å². The van der Waals surface area contributed by atoms with Crippen LogP contribution in [-0.4, -0.2) is 12.1 Å². The first-order chi connectivity index (χ1) is 9.35. The fourth-order valence-electron chi connectivity index (χ4n) is 2.15. The van der Waals surface area contributed by atoms with Gasteiger partial charge in [0.25, 0.3) is 0 Å². The van der Waals surface area contributed by atoms with Gasteiger partial charge in [0.05, 0.1) is 6.07 Å². The lowest BCUT2D eigenvalue weighted by Gasteiger charge is -2.32. The molecule has 0 radical (unpaired) electrons. The van der Waals surface area contributed by atoms with Crippen LogP contribution in [0, 0.1) is 16.7 Å². The van der Waals surface area contributed by atoms with Crippen LogP contribution < -0.4 is 5.32 Å². The third-order valence-electron chi connectivity index (χ3n) is 3.84. The van der Waals surface area contributed by atoms with E-state index >= 15 is 0 Å². The van der Waals surface area contributed by atoms with Crippen molar-refractivity contribution in [2.75, 3.05) is 6.54 Å². The Morgan fingerprint density at radius 2 is 1.70 bits per heavy atom. The number of hydrogen-bond acceptors (Lipinski definition) is 2. The molecule has 1 aromatic carbocycles. The average molecular weight is 272 g/mol. The molecule has 0 unspecified atom stereocenters. The number of rotatable bonds is 8. The van der Waals surface area contributed by atoms with Gasteiger partial charge in [0, 0.05) is 18.5 Å². The van der Waals surface area contributed by atoms with Crippen LogP contribution in [0.4, 0.5) is 0 Å². The molecule has 1 N–H and O–H groups in total. The molecule has 0 bridgehead atoms. The van der Waals surface area contributed by atoms with E-state index in [0.717, 1.165) is 25.8 Å². The van der Waals surface area contributed by atoms with E-state index in [-0.39, 0.29) is 11.0 Å². The molecule has 0 aliphatic rings. The van der Waals surface area contributed by atoms with Gasteiger partial charge in [0.15, 0.2) is 0 Å². The molecule has 1 rings (SSSR count). The van der Waals surface area contributed by atoms with E-state index < -0.39 is 0 Å². The highest BCUT2D eigenvalue weighted by Crippen LogP contribution is 2.23. The quantitative estimate of drug-likeness (QED) is 0.765. The van der Waals surface area contributed by atoms with Crippen molar-refractivity contribution in [2.24, 2.45) is 5.41 Å². The molecule has 0 saturated carbocycles. The Bertz CT molecular complexity index is 426. The van der Waals surface area contributed by atoms with Crippen molar-refractivity contribution in [1.29, 1.82) is 5.26 Å². The van der Waals surface area contributed by atoms with Crippen molar-refractivity contribution in [3.05, 3.63) is 35.9 Å². The lowest BCUT2D eigenvalue weighted by molar-refractivity contribution is 0.257. The minimum absolute atomic E-state index is 0.125. The van der Waals surface area contributed by atoms with E-state index in [0.29, 0.717) is 6.42 Å². The van der Waals surface area contributed by atoms with Crippen molar-refractivity contribution in [3.8, 4) is 6.07 Å². The number of nitrogens with zero attached hydrogens (tertiary/aromatic N) is 1. The van der Waals surface area contributed by atoms with Crippen LogP contribution in [0.15, 0.2) is 30.3 Å². The van der Waals surface area contributed by atoms with E-state index in [1.165, 1.54) is 5.56 Å². The second-order valence-corrected chi connectivity index (χ2v) is 7.05. The van der Waals surface area contributed by atoms with Crippen LogP contribution in [0.5, 0.6) is 0 Å². The number of hydrogen-bond donors (Lipinski definition) is 1. The summed E-state index contributed by atoms with van der Waals surface area (Å²) in [5.74, 6) is 0. The smallest absolute Gasteiger partial charge is 0.0621 e. The van der Waals surface area contributed by atoms with Gasteiger partial charge in [0.1, 0.15) is 0 Å². The van der Waals surface area contributed by atoms with Crippen molar-refractivity contribution >= 4 is 0 Å². The van der Waals surface area contributed by atoms with Crippen molar-refractivity contribution in [1.82, 2.24) is 5.32 Å². The number of nitriles is 1. The Hall–Kier alpha value is -1.33. The molecule has 0 atom stereocenters. The molecular weight excluding hydrogens is 244 g/mol. The molecule has 0 aliphatic heterocycles. The second kappa shape index (κ2) is 7.45. The number of nitrogens with one attached hydrogen (secondary N) is 1. The van der Waals surface area contributed by atoms with Gasteiger partial charge in [-0.3, -0.25) is 0 Å². The summed E-state index contributed by atoms with van der Waals surface area (Å²) < 4.78 is 0. The van der Waals surface area contributed by atoms with Crippen LogP contribution in [0.2, 0.25) is 0 Å². The normalized spacial score (nSPS) is 12.2. The third-order valence-corrected chi connectivity index (χ3v) is 3.84. The minimum Gasteiger partial charge on any atom is -0.311 e. The van der Waals surface area contributed by atoms with Gasteiger partial charge in [-0.1, -0.05) is 44.2 Å². The molecule has 20 heavy (non-hydrogen) atoms. The van der Waals surface area contributed by atoms with E-state index in [1.54, 1.807) is 0 Å². The third kappa shape index (κ3) is 6.73. The highest BCUT2D eigenvalue weighted by Gasteiger charge is 2.23. The summed E-state index contributed by atoms with van der Waals surface area (Å²) in [6.45, 7) is 9.93. The van der Waals surface area contributed by atoms with E-state index in [2.05, 4.69) is 69.4 Å². The number of aryl methyl sites for hydroxylation is 1. The fourth-order valence-corrected chi connectivity index (χ4v) is 2.15. The Labute approximate surface area is 124 Å². The first-order valence-electron chi connectivity index (χ1n) is 7.51. The molecule has 0 fully saturated rings. The summed E-state index contributed by atoms with van der Waals surface area (Å²) in [5, 5.41) is 12.4. The first-order valence-corrected chi connectivity index (χ1v) is 7.51. The molecule has 2 nitrogen and oxygen atoms in total. The average Bonchev–Trinajstić information content (AvgIpc) is 2.43. The predicted molar refractivity (Wildman–Crippen MR) is 85.5 cm³/mol. The maximum absolute atomic E-state index is 8.70. The highest BCUT2D eigenvalue weighted by atomic mass is 15.0. The number of benzene rings is 1. The van der Waals surface area contributed by atoms with Gasteiger partial charge < -0.3 is 5.32 Å². The fraction of sp³-hybridized carbons (Fsp3) is 0.611. The van der Waals surface area contributed by atoms with Crippen LogP contribution in [0.1, 0.15) is 52.5 Å². The summed E-state index contributed by atoms with van der Waals surface area (Å²) in [6.07, 6.45) is 3.80. The summed E-state index contributed by atoms with van der Waals surface area (Å²) in [6, 6.07) is 12.9. The lowest BCUT2D eigenvalue weighted by atomic mass is 9.86. The Kier molecular flexibility index (Phi) is 6.23. The largest absolute Gasteiger partial charge is 0.311 e. The molecule has 110 valence electrons. The van der Waals surface area contributed by atoms with Crippen molar-refractivity contribution < 1.29 is 0 Å². The van der Waals surface area contributed by atoms with Crippen LogP contribution in [0.25, 0.3) is 0 Å². The van der Waals surface area contributed by atoms with Gasteiger partial charge in [-0.15, -0.1) is 0 Å². The Balaban J connectivity index is 2.39. The molecule has 0 spiro atoms. The summed E-state index contributed by atoms with van der Waals surface area (Å²) >= 11 is 0. The minimum atomic E-state index is 0.125. The predicted octanol–water partition coefficient (Wildman–Crippen LogP) is 4.32. The van der Waals surface area contributed by atoms with Crippen LogP contribution in [0.3, 0.4) is 0 Å². The molecule has 0 aliphatic carbocycles. The standard InChI is InChI=1S/C18H28N2/c1-17(2,12-8-14-19)15-20-18(3,4)13-11-16-9-6-5-7-10-16/h5-7,9-10,20H,8,11-13,15H2,1-4H3. The summed E-state index contributed by atoms with van der Waals surface area (Å²) in [5.41, 5.74) is 1.70. The zero-order valence-corrected chi connectivity index (χ0v) is 13.4. The maximum Gasteiger partial charge on any atom is 0.0621 e. The molecule has 0 heterocycles. The van der Waals surface area contributed by atoms with E-state index in [1.807, 2.05) is 0 Å². The van der Waals surface area contributed by atoms with Crippen LogP contribution in [-0.2, 0) is 6.42 Å². The topological polar surface area (TPSA) is 35.8 Å². The first kappa shape index (κ1) is 16.7. The Morgan fingerprint density at radius 1 is 1.05 bits per heavy atom. The summed E-state index contributed by atoms with van der Waals surface area (Å²) in [4.78, 5) is 0. The molecule has 0 saturated heterocycles. The zero-order valence-electron chi connectivity index (χ0n) is 13.4. The van der Waals surface area contributed by atoms with E-state index in [4.69, 9.17) is 5.26 Å². The molecule has 0 aromatic heterocycles. The van der Waals surface area contributed by atoms with Crippen molar-refractivity contribution in [3.63, 3.8) is 0 Å². The van der Waals surface area contributed by atoms with Gasteiger partial charge in [-0.05, 0) is 44.1 Å². The SMILES string of the molecule is CC(C)(CCC#N)CNC(C)(C)CCc1ccccc1. The van der Waals surface area contributed by atoms with Crippen LogP contribution >= 0.6 is 0 Å². The monoisotopic (exact) mass is 272 g/mol. The molecule has 1 aromatic rings. The van der Waals surface area contributed by atoms with Crippen molar-refractivity contribution in [2.45, 2.75) is 58.9 Å². The maximum atomic E-state index is 8.70. The van der Waals surface area contributed by atoms with Gasteiger partial charge >= 0.3 is 0 Å². The highest BCUT2D eigenvalue weighted by molar-refractivity contribution is 5.15. The molecule has 2 heteroatoms.